The Morgan fingerprint density at radius 3 is 2.35 bits per heavy atom. The number of carbonyl (C=O) groups excluding carboxylic acids is 2. The number of nitriles is 1. The first kappa shape index (κ1) is 31.5. The zero-order valence-electron chi connectivity index (χ0n) is 23.9. The number of hydrogen-bond donors (Lipinski definition) is 1. The van der Waals surface area contributed by atoms with Crippen LogP contribution in [-0.4, -0.2) is 65.1 Å². The van der Waals surface area contributed by atoms with E-state index >= 15 is 0 Å². The maximum Gasteiger partial charge on any atom is 0.338 e. The van der Waals surface area contributed by atoms with E-state index in [1.54, 1.807) is 42.2 Å². The number of aliphatic carboxylic acids is 1. The van der Waals surface area contributed by atoms with Crippen molar-refractivity contribution in [3.8, 4) is 22.9 Å². The number of hydrogen-bond acceptors (Lipinski definition) is 8. The molecule has 0 amide bonds. The summed E-state index contributed by atoms with van der Waals surface area (Å²) >= 11 is 6.15. The number of nitrogens with zero attached hydrogens (tertiary/aromatic N) is 3. The van der Waals surface area contributed by atoms with Gasteiger partial charge in [0.05, 0.1) is 36.5 Å². The molecule has 0 aliphatic carbocycles. The maximum absolute atomic E-state index is 13.4. The molecule has 3 aromatic rings. The molecule has 0 saturated carbocycles. The molecule has 10 nitrogen and oxygen atoms in total. The molecule has 1 aliphatic heterocycles. The predicted octanol–water partition coefficient (Wildman–Crippen LogP) is 4.52. The van der Waals surface area contributed by atoms with E-state index in [2.05, 4.69) is 6.07 Å². The molecule has 0 bridgehead atoms. The lowest BCUT2D eigenvalue weighted by Gasteiger charge is -2.23. The molecular weight excluding hydrogens is 574 g/mol. The van der Waals surface area contributed by atoms with Crippen LogP contribution in [0, 0.1) is 11.3 Å². The van der Waals surface area contributed by atoms with Crippen molar-refractivity contribution in [2.24, 2.45) is 0 Å². The number of carboxylic acid groups (broad SMARTS) is 1. The van der Waals surface area contributed by atoms with Crippen molar-refractivity contribution < 1.29 is 29.0 Å². The minimum absolute atomic E-state index is 0.00721. The Balaban J connectivity index is 1.47. The average molecular weight is 606 g/mol. The van der Waals surface area contributed by atoms with Gasteiger partial charge in [0.1, 0.15) is 18.4 Å². The lowest BCUT2D eigenvalue weighted by Crippen LogP contribution is -2.43. The Kier molecular flexibility index (Phi) is 10.3. The van der Waals surface area contributed by atoms with Gasteiger partial charge in [-0.05, 0) is 68.2 Å². The molecule has 1 saturated heterocycles. The quantitative estimate of drug-likeness (QED) is 0.295. The molecule has 43 heavy (non-hydrogen) atoms. The fourth-order valence-corrected chi connectivity index (χ4v) is 5.44. The largest absolute Gasteiger partial charge is 0.495 e. The van der Waals surface area contributed by atoms with Crippen LogP contribution in [0.1, 0.15) is 53.7 Å². The Morgan fingerprint density at radius 1 is 1.05 bits per heavy atom. The molecular formula is C32H32ClN3O7. The van der Waals surface area contributed by atoms with Gasteiger partial charge >= 0.3 is 11.9 Å². The first-order chi connectivity index (χ1) is 20.7. The van der Waals surface area contributed by atoms with Crippen LogP contribution in [0.4, 0.5) is 0 Å². The van der Waals surface area contributed by atoms with Gasteiger partial charge in [-0.3, -0.25) is 19.3 Å². The van der Waals surface area contributed by atoms with Gasteiger partial charge in [0.25, 0.3) is 5.56 Å². The van der Waals surface area contributed by atoms with Crippen molar-refractivity contribution in [1.82, 2.24) is 9.47 Å². The van der Waals surface area contributed by atoms with E-state index < -0.39 is 29.6 Å². The Hall–Kier alpha value is -4.46. The van der Waals surface area contributed by atoms with Gasteiger partial charge in [-0.2, -0.15) is 5.26 Å². The first-order valence-electron chi connectivity index (χ1n) is 13.9. The second kappa shape index (κ2) is 14.1. The number of methoxy groups -OCH3 is 1. The van der Waals surface area contributed by atoms with Crippen molar-refractivity contribution in [3.63, 3.8) is 0 Å². The number of aromatic nitrogens is 1. The third kappa shape index (κ3) is 7.31. The van der Waals surface area contributed by atoms with Crippen molar-refractivity contribution in [2.45, 2.75) is 44.7 Å². The zero-order chi connectivity index (χ0) is 31.1. The summed E-state index contributed by atoms with van der Waals surface area (Å²) in [6.45, 7) is 2.86. The van der Waals surface area contributed by atoms with Crippen LogP contribution in [0.5, 0.6) is 5.75 Å². The Labute approximate surface area is 254 Å². The predicted molar refractivity (Wildman–Crippen MR) is 159 cm³/mol. The second-order valence-corrected chi connectivity index (χ2v) is 10.7. The maximum atomic E-state index is 13.4. The van der Waals surface area contributed by atoms with Crippen LogP contribution in [0.25, 0.3) is 11.1 Å². The number of carbonyl (C=O) groups is 3. The number of benzene rings is 2. The summed E-state index contributed by atoms with van der Waals surface area (Å²) in [5.74, 6) is -1.59. The van der Waals surface area contributed by atoms with Gasteiger partial charge in [-0.1, -0.05) is 30.7 Å². The summed E-state index contributed by atoms with van der Waals surface area (Å²) in [5.41, 5.74) is 1.60. The summed E-state index contributed by atoms with van der Waals surface area (Å²) < 4.78 is 12.2. The molecule has 1 aliphatic rings. The topological polar surface area (TPSA) is 139 Å². The van der Waals surface area contributed by atoms with Crippen LogP contribution in [0.2, 0.25) is 5.02 Å². The lowest BCUT2D eigenvalue weighted by molar-refractivity contribution is -0.144. The highest BCUT2D eigenvalue weighted by atomic mass is 35.5. The van der Waals surface area contributed by atoms with E-state index in [-0.39, 0.29) is 24.4 Å². The summed E-state index contributed by atoms with van der Waals surface area (Å²) in [7, 11) is 1.44. The van der Waals surface area contributed by atoms with Gasteiger partial charge in [0.2, 0.25) is 0 Å². The SMILES string of the molecule is CCC(C(=O)Cc1ccc(C(=O)OC[C@@H](C(=O)O)N2CCCC2)cc1)n1cc(OC)c(-c2cc(Cl)ccc2C#N)cc1=O. The van der Waals surface area contributed by atoms with Crippen molar-refractivity contribution >= 4 is 29.3 Å². The number of rotatable bonds is 12. The first-order valence-corrected chi connectivity index (χ1v) is 14.3. The number of likely N-dealkylation sites (tertiary alicyclic amines) is 1. The Morgan fingerprint density at radius 2 is 1.74 bits per heavy atom. The van der Waals surface area contributed by atoms with E-state index in [1.165, 1.54) is 36.1 Å². The van der Waals surface area contributed by atoms with E-state index in [9.17, 15) is 29.5 Å². The van der Waals surface area contributed by atoms with E-state index in [1.807, 2.05) is 0 Å². The number of esters is 1. The molecule has 1 aromatic heterocycles. The molecule has 1 N–H and O–H groups in total. The number of ether oxygens (including phenoxy) is 2. The molecule has 2 aromatic carbocycles. The molecule has 11 heteroatoms. The molecule has 2 atom stereocenters. The minimum Gasteiger partial charge on any atom is -0.495 e. The molecule has 1 unspecified atom stereocenters. The average Bonchev–Trinajstić information content (AvgIpc) is 3.53. The summed E-state index contributed by atoms with van der Waals surface area (Å²) in [5, 5.41) is 19.5. The standard InChI is InChI=1S/C32H32ClN3O7/c1-3-26(36-18-29(42-2)25(16-30(36)38)24-15-23(33)11-10-22(24)17-34)28(37)14-20-6-8-21(9-7-20)32(41)43-19-27(31(39)40)35-12-4-5-13-35/h6-11,15-16,18,26-27H,3-5,12-14,19H2,1-2H3,(H,39,40)/t26?,27-/m0/s1. The highest BCUT2D eigenvalue weighted by molar-refractivity contribution is 6.31. The Bertz CT molecular complexity index is 1600. The molecule has 2 heterocycles. The van der Waals surface area contributed by atoms with Gasteiger partial charge in [-0.25, -0.2) is 4.79 Å². The number of pyridine rings is 1. The highest BCUT2D eigenvalue weighted by Gasteiger charge is 2.29. The third-order valence-corrected chi connectivity index (χ3v) is 7.79. The van der Waals surface area contributed by atoms with Crippen LogP contribution in [-0.2, 0) is 20.7 Å². The number of halogens is 1. The zero-order valence-corrected chi connectivity index (χ0v) is 24.7. The number of carboxylic acids is 1. The smallest absolute Gasteiger partial charge is 0.338 e. The van der Waals surface area contributed by atoms with Gasteiger partial charge in [0, 0.05) is 28.6 Å². The van der Waals surface area contributed by atoms with E-state index in [4.69, 9.17) is 21.1 Å². The third-order valence-electron chi connectivity index (χ3n) is 7.56. The highest BCUT2D eigenvalue weighted by Crippen LogP contribution is 2.33. The molecule has 0 spiro atoms. The monoisotopic (exact) mass is 605 g/mol. The molecule has 4 rings (SSSR count). The van der Waals surface area contributed by atoms with Crippen LogP contribution < -0.4 is 10.3 Å². The minimum atomic E-state index is -1.03. The lowest BCUT2D eigenvalue weighted by atomic mass is 9.98. The van der Waals surface area contributed by atoms with E-state index in [0.717, 1.165) is 12.8 Å². The van der Waals surface area contributed by atoms with Crippen LogP contribution in [0.15, 0.2) is 59.5 Å². The van der Waals surface area contributed by atoms with Crippen molar-refractivity contribution in [2.75, 3.05) is 26.8 Å². The normalized spacial score (nSPS) is 14.5. The van der Waals surface area contributed by atoms with Crippen LogP contribution >= 0.6 is 11.6 Å². The van der Waals surface area contributed by atoms with E-state index in [0.29, 0.717) is 52.5 Å². The molecule has 1 fully saturated rings. The summed E-state index contributed by atoms with van der Waals surface area (Å²) in [6, 6.07) is 12.8. The van der Waals surface area contributed by atoms with Gasteiger partial charge in [0.15, 0.2) is 5.78 Å². The fourth-order valence-electron chi connectivity index (χ4n) is 5.26. The number of ketones is 1. The number of Topliss-reactive ketones (excluding diaryl/α,β-unsaturated/α-hetero) is 1. The van der Waals surface area contributed by atoms with Crippen molar-refractivity contribution in [1.29, 1.82) is 5.26 Å². The summed E-state index contributed by atoms with van der Waals surface area (Å²) in [6.07, 6.45) is 3.64. The molecule has 224 valence electrons. The fraction of sp³-hybridized carbons (Fsp3) is 0.344. The van der Waals surface area contributed by atoms with Crippen LogP contribution in [0.3, 0.4) is 0 Å². The summed E-state index contributed by atoms with van der Waals surface area (Å²) in [4.78, 5) is 52.6. The van der Waals surface area contributed by atoms with Crippen molar-refractivity contribution in [3.05, 3.63) is 86.8 Å². The van der Waals surface area contributed by atoms with Gasteiger partial charge < -0.3 is 19.1 Å². The van der Waals surface area contributed by atoms with Gasteiger partial charge in [-0.15, -0.1) is 0 Å². The molecule has 0 radical (unpaired) electrons. The second-order valence-electron chi connectivity index (χ2n) is 10.3.